The van der Waals surface area contributed by atoms with E-state index < -0.39 is 0 Å². The Morgan fingerprint density at radius 1 is 1.47 bits per heavy atom. The lowest BCUT2D eigenvalue weighted by atomic mass is 10.0. The number of rotatable bonds is 5. The summed E-state index contributed by atoms with van der Waals surface area (Å²) >= 11 is 0. The Kier molecular flexibility index (Phi) is 4.58. The summed E-state index contributed by atoms with van der Waals surface area (Å²) in [5.41, 5.74) is 7.65. The second kappa shape index (κ2) is 6.19. The predicted molar refractivity (Wildman–Crippen MR) is 72.6 cm³/mol. The van der Waals surface area contributed by atoms with Crippen LogP contribution < -0.4 is 11.1 Å². The summed E-state index contributed by atoms with van der Waals surface area (Å²) < 4.78 is 5.10. The van der Waals surface area contributed by atoms with Gasteiger partial charge in [-0.05, 0) is 45.6 Å². The summed E-state index contributed by atoms with van der Waals surface area (Å²) in [5, 5.41) is 7.01. The summed E-state index contributed by atoms with van der Waals surface area (Å²) in [6, 6.07) is 0.266. The number of hydrogen-bond acceptors (Lipinski definition) is 4. The van der Waals surface area contributed by atoms with Crippen LogP contribution in [0.25, 0.3) is 0 Å². The van der Waals surface area contributed by atoms with Crippen LogP contribution in [0.3, 0.4) is 0 Å². The zero-order valence-corrected chi connectivity index (χ0v) is 11.7. The number of amides is 1. The van der Waals surface area contributed by atoms with Crippen LogP contribution in [0.5, 0.6) is 0 Å². The number of aromatic nitrogens is 1. The van der Waals surface area contributed by atoms with Crippen LogP contribution in [-0.4, -0.2) is 23.7 Å². The number of carbonyl (C=O) groups excluding carboxylic acids is 1. The van der Waals surface area contributed by atoms with E-state index in [2.05, 4.69) is 10.5 Å². The highest BCUT2D eigenvalue weighted by atomic mass is 16.5. The van der Waals surface area contributed by atoms with Gasteiger partial charge in [0.05, 0.1) is 5.69 Å². The minimum atomic E-state index is 0.102. The van der Waals surface area contributed by atoms with Gasteiger partial charge in [-0.25, -0.2) is 0 Å². The molecule has 5 nitrogen and oxygen atoms in total. The summed E-state index contributed by atoms with van der Waals surface area (Å²) in [6.07, 6.45) is 4.52. The molecule has 1 fully saturated rings. The van der Waals surface area contributed by atoms with Crippen LogP contribution in [0.1, 0.15) is 42.7 Å². The van der Waals surface area contributed by atoms with Crippen LogP contribution in [-0.2, 0) is 11.2 Å². The van der Waals surface area contributed by atoms with E-state index in [0.29, 0.717) is 25.3 Å². The number of nitrogens with one attached hydrogen (secondary N) is 1. The molecule has 0 radical (unpaired) electrons. The summed E-state index contributed by atoms with van der Waals surface area (Å²) in [5.74, 6) is 1.36. The van der Waals surface area contributed by atoms with E-state index in [4.69, 9.17) is 10.3 Å². The first-order chi connectivity index (χ1) is 9.11. The van der Waals surface area contributed by atoms with Crippen molar-refractivity contribution in [1.29, 1.82) is 0 Å². The first-order valence-electron chi connectivity index (χ1n) is 7.03. The van der Waals surface area contributed by atoms with Gasteiger partial charge in [0.25, 0.3) is 0 Å². The summed E-state index contributed by atoms with van der Waals surface area (Å²) in [4.78, 5) is 12.0. The van der Waals surface area contributed by atoms with Gasteiger partial charge in [-0.1, -0.05) is 11.6 Å². The van der Waals surface area contributed by atoms with Crippen molar-refractivity contribution in [2.24, 2.45) is 11.7 Å². The van der Waals surface area contributed by atoms with E-state index >= 15 is 0 Å². The van der Waals surface area contributed by atoms with Gasteiger partial charge in [0.1, 0.15) is 5.76 Å². The zero-order chi connectivity index (χ0) is 13.8. The Morgan fingerprint density at radius 2 is 2.26 bits per heavy atom. The molecule has 2 unspecified atom stereocenters. The molecule has 106 valence electrons. The van der Waals surface area contributed by atoms with E-state index in [1.807, 2.05) is 13.8 Å². The molecule has 1 heterocycles. The molecule has 1 aromatic rings. The average Bonchev–Trinajstić information content (AvgIpc) is 2.95. The van der Waals surface area contributed by atoms with Crippen molar-refractivity contribution in [3.05, 3.63) is 17.0 Å². The SMILES string of the molecule is Cc1noc(C)c1CCC(=O)NC1CCCC1CN. The van der Waals surface area contributed by atoms with Crippen LogP contribution in [0, 0.1) is 19.8 Å². The molecular formula is C14H23N3O2. The normalized spacial score (nSPS) is 22.7. The molecule has 1 aromatic heterocycles. The smallest absolute Gasteiger partial charge is 0.220 e. The standard InChI is InChI=1S/C14H23N3O2/c1-9-12(10(2)19-17-9)6-7-14(18)16-13-5-3-4-11(13)8-15/h11,13H,3-8,15H2,1-2H3,(H,16,18). The minimum absolute atomic E-state index is 0.102. The molecular weight excluding hydrogens is 242 g/mol. The van der Waals surface area contributed by atoms with E-state index in [0.717, 1.165) is 36.3 Å². The minimum Gasteiger partial charge on any atom is -0.361 e. The van der Waals surface area contributed by atoms with E-state index in [-0.39, 0.29) is 11.9 Å². The van der Waals surface area contributed by atoms with Gasteiger partial charge in [-0.15, -0.1) is 0 Å². The maximum absolute atomic E-state index is 12.0. The lowest BCUT2D eigenvalue weighted by Gasteiger charge is -2.19. The molecule has 19 heavy (non-hydrogen) atoms. The fraction of sp³-hybridized carbons (Fsp3) is 0.714. The number of hydrogen-bond donors (Lipinski definition) is 2. The molecule has 1 saturated carbocycles. The highest BCUT2D eigenvalue weighted by molar-refractivity contribution is 5.76. The van der Waals surface area contributed by atoms with Gasteiger partial charge in [0, 0.05) is 18.0 Å². The highest BCUT2D eigenvalue weighted by Crippen LogP contribution is 2.24. The lowest BCUT2D eigenvalue weighted by Crippen LogP contribution is -2.39. The van der Waals surface area contributed by atoms with E-state index in [1.54, 1.807) is 0 Å². The fourth-order valence-electron chi connectivity index (χ4n) is 2.89. The van der Waals surface area contributed by atoms with Crippen molar-refractivity contribution in [3.63, 3.8) is 0 Å². The topological polar surface area (TPSA) is 81.2 Å². The lowest BCUT2D eigenvalue weighted by molar-refractivity contribution is -0.122. The molecule has 1 aliphatic rings. The van der Waals surface area contributed by atoms with Crippen LogP contribution in [0.2, 0.25) is 0 Å². The van der Waals surface area contributed by atoms with Gasteiger partial charge in [0.2, 0.25) is 5.91 Å². The molecule has 2 rings (SSSR count). The first-order valence-corrected chi connectivity index (χ1v) is 7.03. The first kappa shape index (κ1) is 14.1. The Hall–Kier alpha value is -1.36. The molecule has 3 N–H and O–H groups in total. The molecule has 2 atom stereocenters. The van der Waals surface area contributed by atoms with Crippen molar-refractivity contribution < 1.29 is 9.32 Å². The van der Waals surface area contributed by atoms with Crippen LogP contribution >= 0.6 is 0 Å². The number of aryl methyl sites for hydroxylation is 2. The van der Waals surface area contributed by atoms with Gasteiger partial charge < -0.3 is 15.6 Å². The van der Waals surface area contributed by atoms with Crippen LogP contribution in [0.4, 0.5) is 0 Å². The fourth-order valence-corrected chi connectivity index (χ4v) is 2.89. The third kappa shape index (κ3) is 3.35. The monoisotopic (exact) mass is 265 g/mol. The Balaban J connectivity index is 1.82. The number of carbonyl (C=O) groups is 1. The van der Waals surface area contributed by atoms with Gasteiger partial charge in [-0.3, -0.25) is 4.79 Å². The average molecular weight is 265 g/mol. The summed E-state index contributed by atoms with van der Waals surface area (Å²) in [7, 11) is 0. The summed E-state index contributed by atoms with van der Waals surface area (Å²) in [6.45, 7) is 4.45. The molecule has 0 aliphatic heterocycles. The Morgan fingerprint density at radius 3 is 2.89 bits per heavy atom. The molecule has 1 amide bonds. The second-order valence-corrected chi connectivity index (χ2v) is 5.40. The number of nitrogens with two attached hydrogens (primary N) is 1. The van der Waals surface area contributed by atoms with E-state index in [9.17, 15) is 4.79 Å². The van der Waals surface area contributed by atoms with Crippen molar-refractivity contribution in [2.75, 3.05) is 6.54 Å². The molecule has 1 aliphatic carbocycles. The van der Waals surface area contributed by atoms with Gasteiger partial charge in [0.15, 0.2) is 0 Å². The number of nitrogens with zero attached hydrogens (tertiary/aromatic N) is 1. The van der Waals surface area contributed by atoms with Gasteiger partial charge in [-0.2, -0.15) is 0 Å². The zero-order valence-electron chi connectivity index (χ0n) is 11.7. The quantitative estimate of drug-likeness (QED) is 0.844. The Labute approximate surface area is 113 Å². The van der Waals surface area contributed by atoms with Gasteiger partial charge >= 0.3 is 0 Å². The van der Waals surface area contributed by atoms with Crippen molar-refractivity contribution in [3.8, 4) is 0 Å². The Bertz CT molecular complexity index is 422. The van der Waals surface area contributed by atoms with Crippen molar-refractivity contribution in [1.82, 2.24) is 10.5 Å². The third-order valence-corrected chi connectivity index (χ3v) is 4.09. The highest BCUT2D eigenvalue weighted by Gasteiger charge is 2.27. The largest absolute Gasteiger partial charge is 0.361 e. The molecule has 0 aromatic carbocycles. The van der Waals surface area contributed by atoms with Crippen molar-refractivity contribution in [2.45, 2.75) is 52.0 Å². The second-order valence-electron chi connectivity index (χ2n) is 5.40. The molecule has 0 bridgehead atoms. The van der Waals surface area contributed by atoms with E-state index in [1.165, 1.54) is 0 Å². The molecule has 0 saturated heterocycles. The maximum Gasteiger partial charge on any atom is 0.220 e. The molecule has 5 heteroatoms. The predicted octanol–water partition coefficient (Wildman–Crippen LogP) is 1.47. The van der Waals surface area contributed by atoms with Crippen LogP contribution in [0.15, 0.2) is 4.52 Å². The van der Waals surface area contributed by atoms with Crippen molar-refractivity contribution >= 4 is 5.91 Å². The maximum atomic E-state index is 12.0. The molecule has 0 spiro atoms. The third-order valence-electron chi connectivity index (χ3n) is 4.09.